The Bertz CT molecular complexity index is 865. The summed E-state index contributed by atoms with van der Waals surface area (Å²) in [5, 5.41) is 2.72. The van der Waals surface area contributed by atoms with Crippen LogP contribution >= 0.6 is 0 Å². The minimum atomic E-state index is -0.720. The Hall–Kier alpha value is -3.09. The largest absolute Gasteiger partial charge is 0.354 e. The molecule has 0 aliphatic rings. The minimum Gasteiger partial charge on any atom is -0.354 e. The van der Waals surface area contributed by atoms with Gasteiger partial charge in [-0.05, 0) is 23.8 Å². The summed E-state index contributed by atoms with van der Waals surface area (Å²) in [5.74, 6) is -1.00. The quantitative estimate of drug-likeness (QED) is 0.749. The summed E-state index contributed by atoms with van der Waals surface area (Å²) < 4.78 is 28.3. The van der Waals surface area contributed by atoms with Gasteiger partial charge in [0.2, 0.25) is 5.91 Å². The first-order valence-corrected chi connectivity index (χ1v) is 7.76. The van der Waals surface area contributed by atoms with Crippen LogP contribution in [-0.2, 0) is 17.8 Å². The first-order chi connectivity index (χ1) is 12.1. The van der Waals surface area contributed by atoms with Crippen LogP contribution in [0.15, 0.2) is 55.0 Å². The number of carbonyl (C=O) groups is 1. The van der Waals surface area contributed by atoms with E-state index in [1.54, 1.807) is 18.6 Å². The van der Waals surface area contributed by atoms with Crippen molar-refractivity contribution in [1.29, 1.82) is 0 Å². The molecule has 25 heavy (non-hydrogen) atoms. The number of amides is 1. The average molecular weight is 342 g/mol. The van der Waals surface area contributed by atoms with Crippen molar-refractivity contribution in [2.24, 2.45) is 0 Å². The summed E-state index contributed by atoms with van der Waals surface area (Å²) in [5.41, 5.74) is 0.905. The van der Waals surface area contributed by atoms with E-state index < -0.39 is 11.6 Å². The lowest BCUT2D eigenvalue weighted by Gasteiger charge is -2.09. The van der Waals surface area contributed by atoms with E-state index >= 15 is 0 Å². The first-order valence-electron chi connectivity index (χ1n) is 7.76. The number of carbonyl (C=O) groups excluding carboxylic acids is 1. The van der Waals surface area contributed by atoms with Crippen LogP contribution in [0.4, 0.5) is 8.78 Å². The molecule has 0 saturated heterocycles. The molecule has 3 rings (SSSR count). The van der Waals surface area contributed by atoms with Gasteiger partial charge in [-0.15, -0.1) is 0 Å². The molecule has 3 aromatic rings. The SMILES string of the molecule is O=C(Cc1ccc(F)cc1F)NCCn1ccnc1-c1ccccn1. The summed E-state index contributed by atoms with van der Waals surface area (Å²) in [6, 6.07) is 8.74. The number of nitrogens with one attached hydrogen (secondary N) is 1. The van der Waals surface area contributed by atoms with Crippen molar-refractivity contribution in [2.75, 3.05) is 6.54 Å². The van der Waals surface area contributed by atoms with Crippen molar-refractivity contribution in [2.45, 2.75) is 13.0 Å². The van der Waals surface area contributed by atoms with E-state index in [0.717, 1.165) is 17.8 Å². The van der Waals surface area contributed by atoms with E-state index in [9.17, 15) is 13.6 Å². The van der Waals surface area contributed by atoms with Crippen LogP contribution in [0.2, 0.25) is 0 Å². The Labute approximate surface area is 143 Å². The van der Waals surface area contributed by atoms with E-state index in [1.807, 2.05) is 22.8 Å². The fourth-order valence-electron chi connectivity index (χ4n) is 2.43. The van der Waals surface area contributed by atoms with E-state index in [1.165, 1.54) is 6.07 Å². The average Bonchev–Trinajstić information content (AvgIpc) is 3.07. The zero-order valence-electron chi connectivity index (χ0n) is 13.3. The fraction of sp³-hybridized carbons (Fsp3) is 0.167. The predicted octanol–water partition coefficient (Wildman–Crippen LogP) is 2.58. The van der Waals surface area contributed by atoms with Gasteiger partial charge in [-0.3, -0.25) is 9.78 Å². The molecule has 2 heterocycles. The Balaban J connectivity index is 1.55. The lowest BCUT2D eigenvalue weighted by molar-refractivity contribution is -0.120. The third-order valence-corrected chi connectivity index (χ3v) is 3.65. The Kier molecular flexibility index (Phi) is 5.13. The predicted molar refractivity (Wildman–Crippen MR) is 88.5 cm³/mol. The zero-order chi connectivity index (χ0) is 17.6. The van der Waals surface area contributed by atoms with Gasteiger partial charge in [-0.1, -0.05) is 12.1 Å². The number of benzene rings is 1. The summed E-state index contributed by atoms with van der Waals surface area (Å²) in [7, 11) is 0. The third-order valence-electron chi connectivity index (χ3n) is 3.65. The molecule has 1 aromatic carbocycles. The molecule has 128 valence electrons. The Morgan fingerprint density at radius 3 is 2.76 bits per heavy atom. The highest BCUT2D eigenvalue weighted by molar-refractivity contribution is 5.78. The molecule has 0 saturated carbocycles. The van der Waals surface area contributed by atoms with Crippen molar-refractivity contribution >= 4 is 5.91 Å². The molecule has 0 aliphatic carbocycles. The van der Waals surface area contributed by atoms with Gasteiger partial charge in [0.25, 0.3) is 0 Å². The number of imidazole rings is 1. The molecule has 0 fully saturated rings. The molecule has 0 bridgehead atoms. The number of halogens is 2. The molecule has 0 spiro atoms. The molecule has 7 heteroatoms. The molecular formula is C18H16F2N4O. The van der Waals surface area contributed by atoms with Crippen LogP contribution in [0.5, 0.6) is 0 Å². The minimum absolute atomic E-state index is 0.136. The van der Waals surface area contributed by atoms with Crippen molar-refractivity contribution < 1.29 is 13.6 Å². The van der Waals surface area contributed by atoms with Gasteiger partial charge in [-0.25, -0.2) is 13.8 Å². The summed E-state index contributed by atoms with van der Waals surface area (Å²) in [6.45, 7) is 0.862. The normalized spacial score (nSPS) is 10.6. The van der Waals surface area contributed by atoms with Gasteiger partial charge >= 0.3 is 0 Å². The van der Waals surface area contributed by atoms with Crippen molar-refractivity contribution in [3.05, 3.63) is 72.2 Å². The van der Waals surface area contributed by atoms with E-state index in [4.69, 9.17) is 0 Å². The lowest BCUT2D eigenvalue weighted by atomic mass is 10.1. The van der Waals surface area contributed by atoms with Crippen LogP contribution in [0, 0.1) is 11.6 Å². The zero-order valence-corrected chi connectivity index (χ0v) is 13.3. The number of aromatic nitrogens is 3. The smallest absolute Gasteiger partial charge is 0.224 e. The molecule has 0 unspecified atom stereocenters. The molecule has 0 aliphatic heterocycles. The number of pyridine rings is 1. The van der Waals surface area contributed by atoms with Gasteiger partial charge in [0.15, 0.2) is 5.82 Å². The Morgan fingerprint density at radius 1 is 1.12 bits per heavy atom. The van der Waals surface area contributed by atoms with Gasteiger partial charge in [0, 0.05) is 37.7 Å². The van der Waals surface area contributed by atoms with Gasteiger partial charge < -0.3 is 9.88 Å². The van der Waals surface area contributed by atoms with E-state index in [2.05, 4.69) is 15.3 Å². The number of rotatable bonds is 6. The van der Waals surface area contributed by atoms with Crippen LogP contribution < -0.4 is 5.32 Å². The molecule has 1 amide bonds. The summed E-state index contributed by atoms with van der Waals surface area (Å²) in [4.78, 5) is 20.5. The van der Waals surface area contributed by atoms with Crippen LogP contribution in [0.1, 0.15) is 5.56 Å². The highest BCUT2D eigenvalue weighted by Gasteiger charge is 2.10. The monoisotopic (exact) mass is 342 g/mol. The van der Waals surface area contributed by atoms with Crippen LogP contribution in [-0.4, -0.2) is 27.0 Å². The van der Waals surface area contributed by atoms with Crippen LogP contribution in [0.3, 0.4) is 0 Å². The highest BCUT2D eigenvalue weighted by atomic mass is 19.1. The van der Waals surface area contributed by atoms with Crippen molar-refractivity contribution in [3.63, 3.8) is 0 Å². The third kappa shape index (κ3) is 4.26. The maximum Gasteiger partial charge on any atom is 0.224 e. The maximum atomic E-state index is 13.6. The van der Waals surface area contributed by atoms with E-state index in [0.29, 0.717) is 18.9 Å². The topological polar surface area (TPSA) is 59.8 Å². The second kappa shape index (κ2) is 7.65. The maximum absolute atomic E-state index is 13.6. The molecule has 1 N–H and O–H groups in total. The second-order valence-corrected chi connectivity index (χ2v) is 5.42. The standard InChI is InChI=1S/C18H16F2N4O/c19-14-5-4-13(15(20)12-14)11-17(25)22-7-9-24-10-8-23-18(24)16-3-1-2-6-21-16/h1-6,8,10,12H,7,9,11H2,(H,22,25). The van der Waals surface area contributed by atoms with Crippen molar-refractivity contribution in [1.82, 2.24) is 19.9 Å². The van der Waals surface area contributed by atoms with Crippen molar-refractivity contribution in [3.8, 4) is 11.5 Å². The molecular weight excluding hydrogens is 326 g/mol. The number of hydrogen-bond acceptors (Lipinski definition) is 3. The van der Waals surface area contributed by atoms with Gasteiger partial charge in [-0.2, -0.15) is 0 Å². The second-order valence-electron chi connectivity index (χ2n) is 5.42. The van der Waals surface area contributed by atoms with Gasteiger partial charge in [0.05, 0.1) is 6.42 Å². The number of nitrogens with zero attached hydrogens (tertiary/aromatic N) is 3. The Morgan fingerprint density at radius 2 is 2.00 bits per heavy atom. The molecule has 0 radical (unpaired) electrons. The summed E-state index contributed by atoms with van der Waals surface area (Å²) in [6.07, 6.45) is 5.02. The fourth-order valence-corrected chi connectivity index (χ4v) is 2.43. The highest BCUT2D eigenvalue weighted by Crippen LogP contribution is 2.13. The summed E-state index contributed by atoms with van der Waals surface area (Å²) >= 11 is 0. The first kappa shape index (κ1) is 16.8. The van der Waals surface area contributed by atoms with Crippen LogP contribution in [0.25, 0.3) is 11.5 Å². The van der Waals surface area contributed by atoms with E-state index in [-0.39, 0.29) is 17.9 Å². The molecule has 0 atom stereocenters. The molecule has 2 aromatic heterocycles. The number of hydrogen-bond donors (Lipinski definition) is 1. The lowest BCUT2D eigenvalue weighted by Crippen LogP contribution is -2.29. The van der Waals surface area contributed by atoms with Gasteiger partial charge in [0.1, 0.15) is 17.3 Å². The molecule has 5 nitrogen and oxygen atoms in total.